The Bertz CT molecular complexity index is 729. The molecule has 1 aliphatic heterocycles. The second-order valence-corrected chi connectivity index (χ2v) is 8.35. The molecule has 29 heavy (non-hydrogen) atoms. The molecule has 1 fully saturated rings. The monoisotopic (exact) mass is 433 g/mol. The molecule has 0 bridgehead atoms. The van der Waals surface area contributed by atoms with Crippen LogP contribution in [0, 0.1) is 5.92 Å². The lowest BCUT2D eigenvalue weighted by Crippen LogP contribution is -2.49. The number of alkyl halides is 3. The Kier molecular flexibility index (Phi) is 8.14. The van der Waals surface area contributed by atoms with Crippen molar-refractivity contribution in [3.05, 3.63) is 17.2 Å². The fraction of sp³-hybridized carbons (Fsp3) is 0.667. The van der Waals surface area contributed by atoms with Crippen molar-refractivity contribution >= 4 is 28.3 Å². The maximum atomic E-state index is 12.7. The maximum Gasteiger partial charge on any atom is 0.445 e. The molecule has 11 heteroatoms. The molecule has 1 aromatic heterocycles. The van der Waals surface area contributed by atoms with Crippen molar-refractivity contribution in [2.75, 3.05) is 18.5 Å². The first-order valence-electron chi connectivity index (χ1n) is 9.48. The van der Waals surface area contributed by atoms with Crippen LogP contribution in [0.15, 0.2) is 12.2 Å². The highest BCUT2D eigenvalue weighted by molar-refractivity contribution is 7.15. The third-order valence-electron chi connectivity index (χ3n) is 4.43. The first-order valence-corrected chi connectivity index (χ1v) is 10.3. The summed E-state index contributed by atoms with van der Waals surface area (Å²) >= 11 is 0.297. The van der Waals surface area contributed by atoms with E-state index in [9.17, 15) is 22.8 Å². The molecule has 2 atom stereocenters. The van der Waals surface area contributed by atoms with Gasteiger partial charge in [0.1, 0.15) is 0 Å². The van der Waals surface area contributed by atoms with E-state index in [0.29, 0.717) is 17.8 Å². The molecular weight excluding hydrogens is 407 g/mol. The van der Waals surface area contributed by atoms with Gasteiger partial charge in [-0.1, -0.05) is 37.7 Å². The minimum absolute atomic E-state index is 0.111. The van der Waals surface area contributed by atoms with Gasteiger partial charge < -0.3 is 10.6 Å². The lowest BCUT2D eigenvalue weighted by atomic mass is 10.0. The van der Waals surface area contributed by atoms with Crippen molar-refractivity contribution in [1.82, 2.24) is 20.8 Å². The van der Waals surface area contributed by atoms with Crippen LogP contribution in [0.25, 0.3) is 0 Å². The molecule has 0 radical (unpaired) electrons. The molecule has 7 nitrogen and oxygen atoms in total. The lowest BCUT2D eigenvalue weighted by Gasteiger charge is -2.25. The summed E-state index contributed by atoms with van der Waals surface area (Å²) in [6.45, 7) is 4.80. The number of aromatic nitrogens is 2. The van der Waals surface area contributed by atoms with Crippen LogP contribution in [0.5, 0.6) is 0 Å². The molecule has 0 unspecified atom stereocenters. The number of amides is 2. The highest BCUT2D eigenvalue weighted by Crippen LogP contribution is 2.34. The minimum atomic E-state index is -4.60. The van der Waals surface area contributed by atoms with Crippen molar-refractivity contribution < 1.29 is 22.8 Å². The maximum absolute atomic E-state index is 12.7. The van der Waals surface area contributed by atoms with Gasteiger partial charge in [-0.3, -0.25) is 14.5 Å². The van der Waals surface area contributed by atoms with E-state index in [1.807, 2.05) is 13.8 Å². The van der Waals surface area contributed by atoms with E-state index in [-0.39, 0.29) is 29.0 Å². The summed E-state index contributed by atoms with van der Waals surface area (Å²) < 4.78 is 38.0. The number of hydrogen-bond donors (Lipinski definition) is 2. The number of anilines is 1. The molecule has 1 aromatic rings. The molecule has 0 aromatic carbocycles. The lowest BCUT2D eigenvalue weighted by molar-refractivity contribution is -0.138. The average molecular weight is 434 g/mol. The molecule has 1 aliphatic rings. The van der Waals surface area contributed by atoms with Gasteiger partial charge in [0.15, 0.2) is 0 Å². The SMILES string of the molecule is CC(C)C[C@@H](/C=C/C(=O)N(C)c1nnc(C(F)(F)F)s1)NC(=O)[C@@H]1CCCCN1. The smallest absolute Gasteiger partial charge is 0.349 e. The first-order chi connectivity index (χ1) is 13.6. The number of halogens is 3. The van der Waals surface area contributed by atoms with Crippen LogP contribution < -0.4 is 15.5 Å². The number of piperidine rings is 1. The van der Waals surface area contributed by atoms with Crippen LogP contribution in [-0.2, 0) is 15.8 Å². The fourth-order valence-corrected chi connectivity index (χ4v) is 3.60. The predicted molar refractivity (Wildman–Crippen MR) is 104 cm³/mol. The van der Waals surface area contributed by atoms with Crippen molar-refractivity contribution in [1.29, 1.82) is 0 Å². The van der Waals surface area contributed by atoms with E-state index in [1.54, 1.807) is 6.08 Å². The van der Waals surface area contributed by atoms with E-state index in [4.69, 9.17) is 0 Å². The molecule has 0 spiro atoms. The van der Waals surface area contributed by atoms with Gasteiger partial charge in [-0.05, 0) is 31.7 Å². The zero-order valence-corrected chi connectivity index (χ0v) is 17.4. The van der Waals surface area contributed by atoms with Gasteiger partial charge in [-0.2, -0.15) is 13.2 Å². The summed E-state index contributed by atoms with van der Waals surface area (Å²) in [6, 6.07) is -0.601. The Morgan fingerprint density at radius 2 is 2.07 bits per heavy atom. The second-order valence-electron chi connectivity index (χ2n) is 7.39. The van der Waals surface area contributed by atoms with Gasteiger partial charge in [0.25, 0.3) is 5.91 Å². The average Bonchev–Trinajstić information content (AvgIpc) is 3.16. The third-order valence-corrected chi connectivity index (χ3v) is 5.47. The molecule has 2 N–H and O–H groups in total. The molecular formula is C18H26F3N5O2S. The van der Waals surface area contributed by atoms with Gasteiger partial charge in [0, 0.05) is 19.2 Å². The van der Waals surface area contributed by atoms with E-state index in [0.717, 1.165) is 30.7 Å². The fourth-order valence-electron chi connectivity index (χ4n) is 2.92. The number of rotatable bonds is 7. The normalized spacial score (nSPS) is 18.8. The second kappa shape index (κ2) is 10.1. The Labute approximate surface area is 171 Å². The molecule has 162 valence electrons. The molecule has 1 saturated heterocycles. The largest absolute Gasteiger partial charge is 0.445 e. The Hall–Kier alpha value is -2.01. The van der Waals surface area contributed by atoms with Crippen LogP contribution in [0.3, 0.4) is 0 Å². The topological polar surface area (TPSA) is 87.2 Å². The summed E-state index contributed by atoms with van der Waals surface area (Å²) in [7, 11) is 1.33. The number of nitrogens with one attached hydrogen (secondary N) is 2. The summed E-state index contributed by atoms with van der Waals surface area (Å²) in [5.74, 6) is -0.386. The Balaban J connectivity index is 2.01. The zero-order valence-electron chi connectivity index (χ0n) is 16.6. The number of hydrogen-bond acceptors (Lipinski definition) is 6. The van der Waals surface area contributed by atoms with Gasteiger partial charge >= 0.3 is 6.18 Å². The number of carbonyl (C=O) groups excluding carboxylic acids is 2. The highest BCUT2D eigenvalue weighted by Gasteiger charge is 2.36. The van der Waals surface area contributed by atoms with Crippen LogP contribution >= 0.6 is 11.3 Å². The quantitative estimate of drug-likeness (QED) is 0.646. The summed E-state index contributed by atoms with van der Waals surface area (Å²) in [5.41, 5.74) is 0. The number of carbonyl (C=O) groups is 2. The van der Waals surface area contributed by atoms with Gasteiger partial charge in [-0.25, -0.2) is 0 Å². The number of likely N-dealkylation sites (N-methyl/N-ethyl adjacent to an activating group) is 1. The molecule has 2 rings (SSSR count). The Morgan fingerprint density at radius 3 is 2.62 bits per heavy atom. The van der Waals surface area contributed by atoms with Crippen molar-refractivity contribution in [3.63, 3.8) is 0 Å². The van der Waals surface area contributed by atoms with Gasteiger partial charge in [-0.15, -0.1) is 10.2 Å². The molecule has 0 saturated carbocycles. The van der Waals surface area contributed by atoms with Crippen molar-refractivity contribution in [2.45, 2.75) is 57.8 Å². The molecule has 0 aliphatic carbocycles. The third kappa shape index (κ3) is 7.07. The summed E-state index contributed by atoms with van der Waals surface area (Å²) in [5, 5.41) is 11.4. The van der Waals surface area contributed by atoms with E-state index in [2.05, 4.69) is 20.8 Å². The van der Waals surface area contributed by atoms with Crippen LogP contribution in [0.4, 0.5) is 18.3 Å². The predicted octanol–water partition coefficient (Wildman–Crippen LogP) is 2.75. The van der Waals surface area contributed by atoms with E-state index in [1.165, 1.54) is 13.1 Å². The highest BCUT2D eigenvalue weighted by atomic mass is 32.1. The standard InChI is InChI=1S/C18H26F3N5O2S/c1-11(2)10-12(23-15(28)13-6-4-5-9-22-13)7-8-14(27)26(3)17-25-24-16(29-17)18(19,20)21/h7-8,11-13,22H,4-6,9-10H2,1-3H3,(H,23,28)/b8-7+/t12-,13+/m1/s1. The van der Waals surface area contributed by atoms with Crippen molar-refractivity contribution in [3.8, 4) is 0 Å². The van der Waals surface area contributed by atoms with E-state index < -0.39 is 17.1 Å². The van der Waals surface area contributed by atoms with Crippen LogP contribution in [0.2, 0.25) is 0 Å². The number of nitrogens with zero attached hydrogens (tertiary/aromatic N) is 3. The van der Waals surface area contributed by atoms with Crippen molar-refractivity contribution in [2.24, 2.45) is 5.92 Å². The summed E-state index contributed by atoms with van der Waals surface area (Å²) in [4.78, 5) is 25.8. The minimum Gasteiger partial charge on any atom is -0.349 e. The van der Waals surface area contributed by atoms with E-state index >= 15 is 0 Å². The van der Waals surface area contributed by atoms with Crippen LogP contribution in [0.1, 0.15) is 44.5 Å². The molecule has 2 amide bonds. The van der Waals surface area contributed by atoms with Gasteiger partial charge in [0.05, 0.1) is 6.04 Å². The first kappa shape index (κ1) is 23.3. The Morgan fingerprint density at radius 1 is 1.34 bits per heavy atom. The summed E-state index contributed by atoms with van der Waals surface area (Å²) in [6.07, 6.45) is 1.65. The van der Waals surface area contributed by atoms with Crippen LogP contribution in [-0.4, -0.2) is 47.7 Å². The molecule has 2 heterocycles. The zero-order chi connectivity index (χ0) is 21.6. The van der Waals surface area contributed by atoms with Gasteiger partial charge in [0.2, 0.25) is 16.0 Å².